The number of nitrogens with zero attached hydrogens (tertiary/aromatic N) is 3. The van der Waals surface area contributed by atoms with E-state index in [9.17, 15) is 4.79 Å². The van der Waals surface area contributed by atoms with Gasteiger partial charge in [0.05, 0.1) is 19.8 Å². The van der Waals surface area contributed by atoms with E-state index in [1.165, 1.54) is 25.7 Å². The van der Waals surface area contributed by atoms with Crippen molar-refractivity contribution in [3.05, 3.63) is 23.9 Å². The fourth-order valence-corrected chi connectivity index (χ4v) is 4.07. The van der Waals surface area contributed by atoms with Crippen LogP contribution in [0, 0.1) is 0 Å². The highest BCUT2D eigenvalue weighted by molar-refractivity contribution is 5.95. The fraction of sp³-hybridized carbons (Fsp3) is 0.667. The largest absolute Gasteiger partial charge is 0.357 e. The summed E-state index contributed by atoms with van der Waals surface area (Å²) in [6, 6.07) is 4.26. The van der Waals surface area contributed by atoms with Crippen molar-refractivity contribution in [2.75, 3.05) is 38.3 Å². The molecular formula is C18H25N3O3. The summed E-state index contributed by atoms with van der Waals surface area (Å²) in [7, 11) is 2.08. The Morgan fingerprint density at radius 2 is 2.08 bits per heavy atom. The first-order chi connectivity index (χ1) is 11.7. The predicted molar refractivity (Wildman–Crippen MR) is 90.1 cm³/mol. The van der Waals surface area contributed by atoms with E-state index in [2.05, 4.69) is 16.9 Å². The van der Waals surface area contributed by atoms with Gasteiger partial charge in [0.25, 0.3) is 5.91 Å². The lowest BCUT2D eigenvalue weighted by Crippen LogP contribution is -2.37. The molecule has 0 unspecified atom stereocenters. The zero-order valence-corrected chi connectivity index (χ0v) is 14.2. The number of hydrogen-bond donors (Lipinski definition) is 0. The molecule has 3 fully saturated rings. The zero-order valence-electron chi connectivity index (χ0n) is 14.2. The van der Waals surface area contributed by atoms with Crippen LogP contribution in [0.25, 0.3) is 0 Å². The van der Waals surface area contributed by atoms with Gasteiger partial charge in [0, 0.05) is 37.8 Å². The molecule has 1 amide bonds. The van der Waals surface area contributed by atoms with Crippen molar-refractivity contribution in [3.63, 3.8) is 0 Å². The number of anilines is 1. The summed E-state index contributed by atoms with van der Waals surface area (Å²) in [5, 5.41) is 0. The highest BCUT2D eigenvalue weighted by atomic mass is 16.7. The molecule has 0 N–H and O–H groups in total. The molecule has 0 aromatic carbocycles. The Hall–Kier alpha value is -1.66. The second-order valence-corrected chi connectivity index (χ2v) is 7.04. The molecule has 4 rings (SSSR count). The van der Waals surface area contributed by atoms with Gasteiger partial charge < -0.3 is 19.3 Å². The summed E-state index contributed by atoms with van der Waals surface area (Å²) in [6.07, 6.45) is 7.47. The van der Waals surface area contributed by atoms with Gasteiger partial charge in [-0.05, 0) is 25.0 Å². The molecule has 2 saturated heterocycles. The molecule has 1 saturated carbocycles. The molecule has 2 aliphatic heterocycles. The van der Waals surface area contributed by atoms with Crippen molar-refractivity contribution >= 4 is 11.7 Å². The Morgan fingerprint density at radius 3 is 2.83 bits per heavy atom. The number of pyridine rings is 1. The summed E-state index contributed by atoms with van der Waals surface area (Å²) in [6.45, 7) is 2.43. The summed E-state index contributed by atoms with van der Waals surface area (Å²) in [5.74, 6) is 0.357. The first-order valence-corrected chi connectivity index (χ1v) is 8.93. The Balaban J connectivity index is 1.47. The molecule has 1 aromatic rings. The Morgan fingerprint density at radius 1 is 1.33 bits per heavy atom. The minimum atomic E-state index is -0.563. The average molecular weight is 331 g/mol. The number of carbonyl (C=O) groups is 1. The minimum Gasteiger partial charge on any atom is -0.357 e. The van der Waals surface area contributed by atoms with Crippen LogP contribution in [0.5, 0.6) is 0 Å². The number of hydrogen-bond acceptors (Lipinski definition) is 5. The molecule has 6 heteroatoms. The molecule has 1 spiro atoms. The molecule has 6 nitrogen and oxygen atoms in total. The Bertz CT molecular complexity index is 609. The third kappa shape index (κ3) is 2.89. The van der Waals surface area contributed by atoms with Gasteiger partial charge in [0.15, 0.2) is 5.79 Å². The predicted octanol–water partition coefficient (Wildman–Crippen LogP) is 2.05. The third-order valence-corrected chi connectivity index (χ3v) is 5.52. The van der Waals surface area contributed by atoms with E-state index in [4.69, 9.17) is 9.47 Å². The van der Waals surface area contributed by atoms with Gasteiger partial charge in [-0.3, -0.25) is 4.79 Å². The SMILES string of the molecule is CN(c1cc(C(=O)N2CCC3(C2)OCCO3)ccn1)C1CCCC1. The van der Waals surface area contributed by atoms with Crippen LogP contribution in [0.3, 0.4) is 0 Å². The van der Waals surface area contributed by atoms with Crippen LogP contribution in [-0.4, -0.2) is 61.0 Å². The first-order valence-electron chi connectivity index (χ1n) is 8.93. The van der Waals surface area contributed by atoms with E-state index in [1.807, 2.05) is 11.0 Å². The second-order valence-electron chi connectivity index (χ2n) is 7.04. The minimum absolute atomic E-state index is 0.0365. The number of carbonyl (C=O) groups excluding carboxylic acids is 1. The molecule has 1 aromatic heterocycles. The van der Waals surface area contributed by atoms with Crippen molar-refractivity contribution in [2.24, 2.45) is 0 Å². The van der Waals surface area contributed by atoms with Gasteiger partial charge in [0.2, 0.25) is 0 Å². The maximum absolute atomic E-state index is 12.9. The van der Waals surface area contributed by atoms with E-state index in [0.29, 0.717) is 37.9 Å². The number of likely N-dealkylation sites (tertiary alicyclic amines) is 1. The molecule has 0 bridgehead atoms. The van der Waals surface area contributed by atoms with E-state index in [1.54, 1.807) is 12.3 Å². The fourth-order valence-electron chi connectivity index (χ4n) is 4.07. The van der Waals surface area contributed by atoms with Gasteiger partial charge in [-0.1, -0.05) is 12.8 Å². The van der Waals surface area contributed by atoms with Crippen LogP contribution in [0.2, 0.25) is 0 Å². The number of amides is 1. The van der Waals surface area contributed by atoms with Crippen molar-refractivity contribution in [2.45, 2.75) is 43.9 Å². The molecule has 3 heterocycles. The molecule has 24 heavy (non-hydrogen) atoms. The summed E-state index contributed by atoms with van der Waals surface area (Å²) in [5.41, 5.74) is 0.694. The van der Waals surface area contributed by atoms with Crippen LogP contribution in [0.15, 0.2) is 18.3 Å². The summed E-state index contributed by atoms with van der Waals surface area (Å²) < 4.78 is 11.4. The van der Waals surface area contributed by atoms with Crippen LogP contribution < -0.4 is 4.90 Å². The third-order valence-electron chi connectivity index (χ3n) is 5.52. The van der Waals surface area contributed by atoms with Crippen LogP contribution >= 0.6 is 0 Å². The van der Waals surface area contributed by atoms with Crippen molar-refractivity contribution in [1.29, 1.82) is 0 Å². The maximum Gasteiger partial charge on any atom is 0.254 e. The molecular weight excluding hydrogens is 306 g/mol. The topological polar surface area (TPSA) is 54.9 Å². The van der Waals surface area contributed by atoms with E-state index in [0.717, 1.165) is 12.2 Å². The monoisotopic (exact) mass is 331 g/mol. The molecule has 3 aliphatic rings. The van der Waals surface area contributed by atoms with Gasteiger partial charge in [-0.15, -0.1) is 0 Å². The smallest absolute Gasteiger partial charge is 0.254 e. The van der Waals surface area contributed by atoms with Crippen LogP contribution in [0.1, 0.15) is 42.5 Å². The molecule has 130 valence electrons. The van der Waals surface area contributed by atoms with E-state index in [-0.39, 0.29) is 5.91 Å². The van der Waals surface area contributed by atoms with Crippen LogP contribution in [-0.2, 0) is 9.47 Å². The van der Waals surface area contributed by atoms with Crippen molar-refractivity contribution in [3.8, 4) is 0 Å². The lowest BCUT2D eigenvalue weighted by atomic mass is 10.2. The standard InChI is InChI=1S/C18H25N3O3/c1-20(15-4-2-3-5-15)16-12-14(6-8-19-16)17(22)21-9-7-18(13-21)23-10-11-24-18/h6,8,12,15H,2-5,7,9-11,13H2,1H3. The Labute approximate surface area is 142 Å². The number of aromatic nitrogens is 1. The van der Waals surface area contributed by atoms with Gasteiger partial charge >= 0.3 is 0 Å². The summed E-state index contributed by atoms with van der Waals surface area (Å²) >= 11 is 0. The highest BCUT2D eigenvalue weighted by Crippen LogP contribution is 2.32. The van der Waals surface area contributed by atoms with E-state index >= 15 is 0 Å². The normalized spacial score (nSPS) is 23.3. The second kappa shape index (κ2) is 6.33. The lowest BCUT2D eigenvalue weighted by molar-refractivity contribution is -0.143. The molecule has 1 aliphatic carbocycles. The summed E-state index contributed by atoms with van der Waals surface area (Å²) in [4.78, 5) is 21.4. The van der Waals surface area contributed by atoms with Crippen molar-refractivity contribution in [1.82, 2.24) is 9.88 Å². The van der Waals surface area contributed by atoms with Gasteiger partial charge in [-0.2, -0.15) is 0 Å². The maximum atomic E-state index is 12.9. The first kappa shape index (κ1) is 15.8. The zero-order chi connectivity index (χ0) is 16.6. The quantitative estimate of drug-likeness (QED) is 0.848. The highest BCUT2D eigenvalue weighted by Gasteiger charge is 2.44. The Kier molecular flexibility index (Phi) is 4.18. The average Bonchev–Trinajstić information content (AvgIpc) is 3.37. The number of rotatable bonds is 3. The molecule has 0 atom stereocenters. The number of ether oxygens (including phenoxy) is 2. The van der Waals surface area contributed by atoms with Crippen molar-refractivity contribution < 1.29 is 14.3 Å². The molecule has 0 radical (unpaired) electrons. The lowest BCUT2D eigenvalue weighted by Gasteiger charge is -2.26. The van der Waals surface area contributed by atoms with Crippen LogP contribution in [0.4, 0.5) is 5.82 Å². The van der Waals surface area contributed by atoms with Gasteiger partial charge in [-0.25, -0.2) is 4.98 Å². The van der Waals surface area contributed by atoms with E-state index < -0.39 is 5.79 Å². The van der Waals surface area contributed by atoms with Gasteiger partial charge in [0.1, 0.15) is 5.82 Å².